The van der Waals surface area contributed by atoms with Crippen LogP contribution in [0, 0.1) is 0 Å². The monoisotopic (exact) mass is 425 g/mol. The SMILES string of the molecule is CC(=O)Nc1ccc(N2CC/C(=C3/CC(C(=O)O)Nc4cc(Cl)ccc43)C2=O)cc1. The Morgan fingerprint density at radius 1 is 1.17 bits per heavy atom. The summed E-state index contributed by atoms with van der Waals surface area (Å²) < 4.78 is 0. The van der Waals surface area contributed by atoms with Crippen molar-refractivity contribution in [2.24, 2.45) is 0 Å². The first-order valence-corrected chi connectivity index (χ1v) is 9.92. The Kier molecular flexibility index (Phi) is 5.22. The summed E-state index contributed by atoms with van der Waals surface area (Å²) in [7, 11) is 0. The molecule has 2 amide bonds. The molecule has 7 nitrogen and oxygen atoms in total. The van der Waals surface area contributed by atoms with Crippen molar-refractivity contribution in [2.45, 2.75) is 25.8 Å². The molecule has 0 saturated carbocycles. The number of nitrogens with one attached hydrogen (secondary N) is 2. The number of anilines is 3. The maximum atomic E-state index is 13.2. The van der Waals surface area contributed by atoms with E-state index in [4.69, 9.17) is 11.6 Å². The van der Waals surface area contributed by atoms with Crippen LogP contribution < -0.4 is 15.5 Å². The number of amides is 2. The Bertz CT molecular complexity index is 1080. The molecule has 2 heterocycles. The largest absolute Gasteiger partial charge is 0.480 e. The van der Waals surface area contributed by atoms with E-state index in [1.165, 1.54) is 6.92 Å². The smallest absolute Gasteiger partial charge is 0.326 e. The second-order valence-electron chi connectivity index (χ2n) is 7.32. The molecular formula is C22H20ClN3O4. The third kappa shape index (κ3) is 3.76. The van der Waals surface area contributed by atoms with Crippen LogP contribution in [0.15, 0.2) is 48.0 Å². The van der Waals surface area contributed by atoms with Gasteiger partial charge in [-0.25, -0.2) is 4.79 Å². The highest BCUT2D eigenvalue weighted by molar-refractivity contribution is 6.31. The number of carbonyl (C=O) groups excluding carboxylic acids is 2. The minimum absolute atomic E-state index is 0.135. The number of carboxylic acid groups (broad SMARTS) is 1. The van der Waals surface area contributed by atoms with Crippen LogP contribution in [0.5, 0.6) is 0 Å². The molecule has 1 atom stereocenters. The average Bonchev–Trinajstić information content (AvgIpc) is 3.08. The summed E-state index contributed by atoms with van der Waals surface area (Å²) in [5, 5.41) is 15.7. The fourth-order valence-corrected chi connectivity index (χ4v) is 4.11. The van der Waals surface area contributed by atoms with Gasteiger partial charge in [0.05, 0.1) is 0 Å². The minimum Gasteiger partial charge on any atom is -0.480 e. The lowest BCUT2D eigenvalue weighted by molar-refractivity contribution is -0.137. The summed E-state index contributed by atoms with van der Waals surface area (Å²) in [6.45, 7) is 1.94. The standard InChI is InChI=1S/C22H20ClN3O4/c1-12(27)24-14-3-5-15(6-4-14)26-9-8-17(21(26)28)18-11-20(22(29)30)25-19-10-13(23)2-7-16(18)19/h2-7,10,20,25H,8-9,11H2,1H3,(H,24,27)(H,29,30)/b18-17+. The van der Waals surface area contributed by atoms with Crippen LogP contribution in [0.2, 0.25) is 5.02 Å². The number of carbonyl (C=O) groups is 3. The number of halogens is 1. The molecule has 1 fully saturated rings. The molecule has 0 aromatic heterocycles. The van der Waals surface area contributed by atoms with Gasteiger partial charge in [0, 0.05) is 53.1 Å². The molecule has 0 radical (unpaired) electrons. The number of rotatable bonds is 3. The summed E-state index contributed by atoms with van der Waals surface area (Å²) in [6.07, 6.45) is 0.746. The molecule has 1 saturated heterocycles. The first-order valence-electron chi connectivity index (χ1n) is 9.54. The van der Waals surface area contributed by atoms with E-state index < -0.39 is 12.0 Å². The summed E-state index contributed by atoms with van der Waals surface area (Å²) in [5.41, 5.74) is 4.18. The van der Waals surface area contributed by atoms with E-state index >= 15 is 0 Å². The highest BCUT2D eigenvalue weighted by Gasteiger charge is 2.35. The van der Waals surface area contributed by atoms with Gasteiger partial charge in [0.25, 0.3) is 5.91 Å². The summed E-state index contributed by atoms with van der Waals surface area (Å²) >= 11 is 6.08. The molecule has 1 unspecified atom stereocenters. The lowest BCUT2D eigenvalue weighted by atomic mass is 9.88. The fourth-order valence-electron chi connectivity index (χ4n) is 3.94. The van der Waals surface area contributed by atoms with E-state index in [0.29, 0.717) is 34.9 Å². The molecule has 0 spiro atoms. The molecule has 2 aliphatic heterocycles. The number of hydrogen-bond acceptors (Lipinski definition) is 4. The molecule has 2 aromatic carbocycles. The molecular weight excluding hydrogens is 406 g/mol. The van der Waals surface area contributed by atoms with Gasteiger partial charge in [0.15, 0.2) is 0 Å². The van der Waals surface area contributed by atoms with Crippen molar-refractivity contribution in [1.82, 2.24) is 0 Å². The van der Waals surface area contributed by atoms with E-state index in [2.05, 4.69) is 10.6 Å². The molecule has 2 aliphatic rings. The van der Waals surface area contributed by atoms with Crippen molar-refractivity contribution < 1.29 is 19.5 Å². The quantitative estimate of drug-likeness (QED) is 0.650. The lowest BCUT2D eigenvalue weighted by Gasteiger charge is -2.28. The lowest BCUT2D eigenvalue weighted by Crippen LogP contribution is -2.33. The van der Waals surface area contributed by atoms with Gasteiger partial charge in [0.2, 0.25) is 5.91 Å². The summed E-state index contributed by atoms with van der Waals surface area (Å²) in [5.74, 6) is -1.27. The molecule has 30 heavy (non-hydrogen) atoms. The van der Waals surface area contributed by atoms with Crippen molar-refractivity contribution in [3.05, 3.63) is 58.6 Å². The van der Waals surface area contributed by atoms with Crippen LogP contribution in [0.3, 0.4) is 0 Å². The van der Waals surface area contributed by atoms with Crippen LogP contribution in [-0.2, 0) is 14.4 Å². The number of carboxylic acids is 1. The van der Waals surface area contributed by atoms with E-state index in [-0.39, 0.29) is 18.2 Å². The van der Waals surface area contributed by atoms with Gasteiger partial charge < -0.3 is 20.6 Å². The molecule has 4 rings (SSSR count). The van der Waals surface area contributed by atoms with Crippen LogP contribution >= 0.6 is 11.6 Å². The highest BCUT2D eigenvalue weighted by Crippen LogP contribution is 2.40. The van der Waals surface area contributed by atoms with Crippen molar-refractivity contribution in [3.63, 3.8) is 0 Å². The van der Waals surface area contributed by atoms with Crippen LogP contribution in [0.25, 0.3) is 5.57 Å². The van der Waals surface area contributed by atoms with Gasteiger partial charge in [0.1, 0.15) is 6.04 Å². The number of nitrogens with zero attached hydrogens (tertiary/aromatic N) is 1. The molecule has 2 aromatic rings. The Morgan fingerprint density at radius 3 is 2.57 bits per heavy atom. The van der Waals surface area contributed by atoms with Crippen molar-refractivity contribution in [2.75, 3.05) is 22.1 Å². The predicted molar refractivity (Wildman–Crippen MR) is 116 cm³/mol. The van der Waals surface area contributed by atoms with E-state index in [0.717, 1.165) is 16.8 Å². The first-order chi connectivity index (χ1) is 14.3. The highest BCUT2D eigenvalue weighted by atomic mass is 35.5. The van der Waals surface area contributed by atoms with Crippen molar-refractivity contribution >= 4 is 52.0 Å². The maximum Gasteiger partial charge on any atom is 0.326 e. The van der Waals surface area contributed by atoms with E-state index in [1.54, 1.807) is 41.3 Å². The zero-order valence-corrected chi connectivity index (χ0v) is 17.0. The summed E-state index contributed by atoms with van der Waals surface area (Å²) in [4.78, 5) is 37.7. The zero-order valence-electron chi connectivity index (χ0n) is 16.2. The van der Waals surface area contributed by atoms with Gasteiger partial charge in [-0.05, 0) is 48.4 Å². The Balaban J connectivity index is 1.68. The van der Waals surface area contributed by atoms with Crippen LogP contribution in [0.4, 0.5) is 17.1 Å². The Morgan fingerprint density at radius 2 is 1.90 bits per heavy atom. The van der Waals surface area contributed by atoms with E-state index in [9.17, 15) is 19.5 Å². The predicted octanol–water partition coefficient (Wildman–Crippen LogP) is 3.76. The molecule has 8 heteroatoms. The third-order valence-electron chi connectivity index (χ3n) is 5.30. The van der Waals surface area contributed by atoms with Crippen LogP contribution in [0.1, 0.15) is 25.3 Å². The fraction of sp³-hybridized carbons (Fsp3) is 0.227. The van der Waals surface area contributed by atoms with Crippen molar-refractivity contribution in [3.8, 4) is 0 Å². The Labute approximate surface area is 178 Å². The van der Waals surface area contributed by atoms with Gasteiger partial charge in [-0.1, -0.05) is 17.7 Å². The number of fused-ring (bicyclic) bond motifs is 1. The molecule has 0 aliphatic carbocycles. The second kappa shape index (κ2) is 7.84. The van der Waals surface area contributed by atoms with Crippen molar-refractivity contribution in [1.29, 1.82) is 0 Å². The Hall–Kier alpha value is -3.32. The van der Waals surface area contributed by atoms with Crippen LogP contribution in [-0.4, -0.2) is 35.5 Å². The maximum absolute atomic E-state index is 13.2. The second-order valence-corrected chi connectivity index (χ2v) is 7.76. The van der Waals surface area contributed by atoms with E-state index in [1.807, 2.05) is 6.07 Å². The number of benzene rings is 2. The minimum atomic E-state index is -0.977. The summed E-state index contributed by atoms with van der Waals surface area (Å²) in [6, 6.07) is 11.5. The normalized spacial score (nSPS) is 20.5. The topological polar surface area (TPSA) is 98.7 Å². The molecule has 154 valence electrons. The average molecular weight is 426 g/mol. The van der Waals surface area contributed by atoms with Gasteiger partial charge >= 0.3 is 5.97 Å². The zero-order chi connectivity index (χ0) is 21.4. The van der Waals surface area contributed by atoms with Gasteiger partial charge in [-0.15, -0.1) is 0 Å². The first kappa shape index (κ1) is 20.0. The molecule has 3 N–H and O–H groups in total. The number of hydrogen-bond donors (Lipinski definition) is 3. The molecule has 0 bridgehead atoms. The van der Waals surface area contributed by atoms with Gasteiger partial charge in [-0.3, -0.25) is 9.59 Å². The van der Waals surface area contributed by atoms with Gasteiger partial charge in [-0.2, -0.15) is 0 Å². The number of aliphatic carboxylic acids is 1. The third-order valence-corrected chi connectivity index (χ3v) is 5.53.